The number of carbonyl (C=O) groups excluding carboxylic acids is 1. The molecule has 1 aromatic heterocycles. The molecule has 0 aromatic carbocycles. The first-order chi connectivity index (χ1) is 12.0. The smallest absolute Gasteiger partial charge is 0.312 e. The maximum atomic E-state index is 12.5. The molecule has 0 saturated carbocycles. The van der Waals surface area contributed by atoms with Crippen LogP contribution in [0.5, 0.6) is 0 Å². The van der Waals surface area contributed by atoms with Crippen molar-refractivity contribution >= 4 is 11.6 Å². The lowest BCUT2D eigenvalue weighted by Gasteiger charge is -2.35. The molecule has 3 rings (SSSR count). The third-order valence-corrected chi connectivity index (χ3v) is 5.02. The van der Waals surface area contributed by atoms with Crippen molar-refractivity contribution in [2.75, 3.05) is 39.3 Å². The SMILES string of the molecule is Cc1nn(CC(=O)N2CCN(CC3CCCO3)CC2)c(C)c1[N+](=O)[O-]. The molecule has 3 heterocycles. The Morgan fingerprint density at radius 2 is 2.04 bits per heavy atom. The van der Waals surface area contributed by atoms with E-state index in [0.29, 0.717) is 30.6 Å². The number of rotatable bonds is 5. The molecule has 0 N–H and O–H groups in total. The molecule has 9 nitrogen and oxygen atoms in total. The Labute approximate surface area is 146 Å². The minimum absolute atomic E-state index is 0.00539. The molecular weight excluding hydrogens is 326 g/mol. The Balaban J connectivity index is 1.53. The van der Waals surface area contributed by atoms with Gasteiger partial charge in [0.1, 0.15) is 17.9 Å². The van der Waals surface area contributed by atoms with E-state index in [0.717, 1.165) is 39.1 Å². The summed E-state index contributed by atoms with van der Waals surface area (Å²) in [6, 6.07) is 0. The summed E-state index contributed by atoms with van der Waals surface area (Å²) in [5.74, 6) is -0.0442. The van der Waals surface area contributed by atoms with E-state index in [9.17, 15) is 14.9 Å². The van der Waals surface area contributed by atoms with Crippen molar-refractivity contribution in [1.29, 1.82) is 0 Å². The number of ether oxygens (including phenoxy) is 1. The van der Waals surface area contributed by atoms with Gasteiger partial charge in [-0.25, -0.2) is 0 Å². The standard InChI is InChI=1S/C16H25N5O4/c1-12-16(21(23)24)13(2)20(17-12)11-15(22)19-7-5-18(6-8-19)10-14-4-3-9-25-14/h14H,3-11H2,1-2H3. The van der Waals surface area contributed by atoms with E-state index in [-0.39, 0.29) is 18.1 Å². The predicted molar refractivity (Wildman–Crippen MR) is 90.3 cm³/mol. The van der Waals surface area contributed by atoms with Gasteiger partial charge in [0.25, 0.3) is 0 Å². The largest absolute Gasteiger partial charge is 0.377 e. The van der Waals surface area contributed by atoms with Gasteiger partial charge in [0, 0.05) is 39.3 Å². The number of hydrogen-bond acceptors (Lipinski definition) is 6. The summed E-state index contributed by atoms with van der Waals surface area (Å²) in [5.41, 5.74) is 0.763. The topological polar surface area (TPSA) is 93.7 Å². The quantitative estimate of drug-likeness (QED) is 0.573. The lowest BCUT2D eigenvalue weighted by atomic mass is 10.2. The molecule has 1 aromatic rings. The van der Waals surface area contributed by atoms with Gasteiger partial charge in [-0.3, -0.25) is 24.5 Å². The highest BCUT2D eigenvalue weighted by Crippen LogP contribution is 2.22. The second-order valence-corrected chi connectivity index (χ2v) is 6.75. The molecule has 2 fully saturated rings. The molecule has 1 amide bonds. The zero-order chi connectivity index (χ0) is 18.0. The second-order valence-electron chi connectivity index (χ2n) is 6.75. The average molecular weight is 351 g/mol. The Kier molecular flexibility index (Phi) is 5.33. The molecule has 2 aliphatic rings. The third-order valence-electron chi connectivity index (χ3n) is 5.02. The van der Waals surface area contributed by atoms with Gasteiger partial charge in [-0.15, -0.1) is 0 Å². The van der Waals surface area contributed by atoms with Gasteiger partial charge in [0.2, 0.25) is 5.91 Å². The van der Waals surface area contributed by atoms with Crippen molar-refractivity contribution in [3.8, 4) is 0 Å². The van der Waals surface area contributed by atoms with Gasteiger partial charge in [-0.2, -0.15) is 5.10 Å². The van der Waals surface area contributed by atoms with Crippen LogP contribution in [-0.4, -0.2) is 75.8 Å². The third kappa shape index (κ3) is 3.98. The fraction of sp³-hybridized carbons (Fsp3) is 0.750. The molecule has 2 aliphatic heterocycles. The van der Waals surface area contributed by atoms with Crippen LogP contribution in [0.15, 0.2) is 0 Å². The lowest BCUT2D eigenvalue weighted by molar-refractivity contribution is -0.386. The van der Waals surface area contributed by atoms with E-state index in [4.69, 9.17) is 4.74 Å². The molecule has 0 aliphatic carbocycles. The van der Waals surface area contributed by atoms with Gasteiger partial charge in [-0.05, 0) is 26.7 Å². The van der Waals surface area contributed by atoms with Crippen LogP contribution in [0, 0.1) is 24.0 Å². The Hall–Kier alpha value is -2.00. The molecule has 0 bridgehead atoms. The van der Waals surface area contributed by atoms with Crippen LogP contribution in [0.2, 0.25) is 0 Å². The summed E-state index contributed by atoms with van der Waals surface area (Å²) < 4.78 is 7.11. The number of carbonyl (C=O) groups is 1. The second kappa shape index (κ2) is 7.49. The van der Waals surface area contributed by atoms with Crippen LogP contribution in [0.25, 0.3) is 0 Å². The van der Waals surface area contributed by atoms with E-state index in [2.05, 4.69) is 10.00 Å². The van der Waals surface area contributed by atoms with Crippen molar-refractivity contribution < 1.29 is 14.5 Å². The molecule has 138 valence electrons. The average Bonchev–Trinajstić information content (AvgIpc) is 3.16. The van der Waals surface area contributed by atoms with Gasteiger partial charge < -0.3 is 9.64 Å². The van der Waals surface area contributed by atoms with E-state index in [1.54, 1.807) is 13.8 Å². The summed E-state index contributed by atoms with van der Waals surface area (Å²) in [7, 11) is 0. The van der Waals surface area contributed by atoms with Crippen molar-refractivity contribution in [1.82, 2.24) is 19.6 Å². The Morgan fingerprint density at radius 3 is 2.60 bits per heavy atom. The Bertz CT molecular complexity index is 645. The van der Waals surface area contributed by atoms with Crippen LogP contribution in [0.1, 0.15) is 24.2 Å². The number of aromatic nitrogens is 2. The highest BCUT2D eigenvalue weighted by molar-refractivity contribution is 5.76. The first-order valence-corrected chi connectivity index (χ1v) is 8.76. The number of aryl methyl sites for hydroxylation is 1. The number of nitro groups is 1. The van der Waals surface area contributed by atoms with Crippen LogP contribution in [0.4, 0.5) is 5.69 Å². The fourth-order valence-electron chi connectivity index (χ4n) is 3.59. The van der Waals surface area contributed by atoms with Crippen LogP contribution < -0.4 is 0 Å². The van der Waals surface area contributed by atoms with Crippen LogP contribution >= 0.6 is 0 Å². The minimum atomic E-state index is -0.442. The summed E-state index contributed by atoms with van der Waals surface area (Å²) in [4.78, 5) is 27.3. The molecule has 1 unspecified atom stereocenters. The van der Waals surface area contributed by atoms with E-state index in [1.807, 2.05) is 4.90 Å². The maximum Gasteiger partial charge on any atom is 0.312 e. The molecule has 25 heavy (non-hydrogen) atoms. The van der Waals surface area contributed by atoms with Crippen molar-refractivity contribution in [3.05, 3.63) is 21.5 Å². The molecule has 2 saturated heterocycles. The summed E-state index contributed by atoms with van der Waals surface area (Å²) in [6.07, 6.45) is 2.59. The fourth-order valence-corrected chi connectivity index (χ4v) is 3.59. The van der Waals surface area contributed by atoms with E-state index < -0.39 is 4.92 Å². The van der Waals surface area contributed by atoms with Gasteiger partial charge in [-0.1, -0.05) is 0 Å². The zero-order valence-corrected chi connectivity index (χ0v) is 14.8. The van der Waals surface area contributed by atoms with Gasteiger partial charge in [0.15, 0.2) is 0 Å². The predicted octanol–water partition coefficient (Wildman–Crippen LogP) is 0.731. The monoisotopic (exact) mass is 351 g/mol. The van der Waals surface area contributed by atoms with E-state index >= 15 is 0 Å². The summed E-state index contributed by atoms with van der Waals surface area (Å²) in [5, 5.41) is 15.2. The number of piperazine rings is 1. The van der Waals surface area contributed by atoms with E-state index in [1.165, 1.54) is 4.68 Å². The number of hydrogen-bond donors (Lipinski definition) is 0. The lowest BCUT2D eigenvalue weighted by Crippen LogP contribution is -2.51. The molecule has 9 heteroatoms. The molecule has 1 atom stereocenters. The highest BCUT2D eigenvalue weighted by atomic mass is 16.6. The van der Waals surface area contributed by atoms with Crippen LogP contribution in [-0.2, 0) is 16.1 Å². The first-order valence-electron chi connectivity index (χ1n) is 8.76. The number of nitrogens with zero attached hydrogens (tertiary/aromatic N) is 5. The molecule has 0 radical (unpaired) electrons. The summed E-state index contributed by atoms with van der Waals surface area (Å²) >= 11 is 0. The van der Waals surface area contributed by atoms with Crippen molar-refractivity contribution in [3.63, 3.8) is 0 Å². The summed E-state index contributed by atoms with van der Waals surface area (Å²) in [6.45, 7) is 8.09. The first kappa shape index (κ1) is 17.8. The molecule has 0 spiro atoms. The number of amides is 1. The van der Waals surface area contributed by atoms with Gasteiger partial charge >= 0.3 is 5.69 Å². The Morgan fingerprint density at radius 1 is 1.32 bits per heavy atom. The normalized spacial score (nSPS) is 21.7. The zero-order valence-electron chi connectivity index (χ0n) is 14.8. The van der Waals surface area contributed by atoms with Gasteiger partial charge in [0.05, 0.1) is 11.0 Å². The van der Waals surface area contributed by atoms with Crippen LogP contribution in [0.3, 0.4) is 0 Å². The highest BCUT2D eigenvalue weighted by Gasteiger charge is 2.27. The minimum Gasteiger partial charge on any atom is -0.377 e. The molecular formula is C16H25N5O4. The van der Waals surface area contributed by atoms with Crippen molar-refractivity contribution in [2.24, 2.45) is 0 Å². The van der Waals surface area contributed by atoms with Crippen molar-refractivity contribution in [2.45, 2.75) is 39.3 Å². The maximum absolute atomic E-state index is 12.5.